The number of hydrogen-bond donors (Lipinski definition) is 1. The Morgan fingerprint density at radius 1 is 0.957 bits per heavy atom. The highest BCUT2D eigenvalue weighted by Gasteiger charge is 2.22. The normalized spacial score (nSPS) is 11.8. The van der Waals surface area contributed by atoms with Crippen LogP contribution in [0.25, 0.3) is 10.9 Å². The molecule has 3 rings (SSSR count). The van der Waals surface area contributed by atoms with Crippen molar-refractivity contribution in [3.63, 3.8) is 0 Å². The molecule has 0 atom stereocenters. The monoisotopic (exact) mass is 327 g/mol. The number of nitrogens with one attached hydrogen (secondary N) is 1. The molecule has 6 heteroatoms. The van der Waals surface area contributed by atoms with E-state index in [4.69, 9.17) is 0 Å². The van der Waals surface area contributed by atoms with Gasteiger partial charge in [0, 0.05) is 17.8 Å². The van der Waals surface area contributed by atoms with Gasteiger partial charge in [0.2, 0.25) is 0 Å². The van der Waals surface area contributed by atoms with Crippen molar-refractivity contribution in [2.24, 2.45) is 0 Å². The first-order valence-corrected chi connectivity index (χ1v) is 8.79. The van der Waals surface area contributed by atoms with Gasteiger partial charge in [-0.05, 0) is 29.7 Å². The molecular formula is C17H17N3O2S. The highest BCUT2D eigenvalue weighted by molar-refractivity contribution is 7.92. The van der Waals surface area contributed by atoms with E-state index >= 15 is 0 Å². The molecule has 0 aliphatic rings. The lowest BCUT2D eigenvalue weighted by Gasteiger charge is -2.14. The highest BCUT2D eigenvalue weighted by Crippen LogP contribution is 2.26. The van der Waals surface area contributed by atoms with Crippen LogP contribution in [0.4, 0.5) is 5.69 Å². The van der Waals surface area contributed by atoms with Crippen molar-refractivity contribution in [3.8, 4) is 0 Å². The predicted molar refractivity (Wildman–Crippen MR) is 90.9 cm³/mol. The van der Waals surface area contributed by atoms with Crippen LogP contribution in [0.1, 0.15) is 25.3 Å². The molecule has 2 heterocycles. The maximum Gasteiger partial charge on any atom is 0.279 e. The molecule has 0 spiro atoms. The van der Waals surface area contributed by atoms with Gasteiger partial charge in [-0.15, -0.1) is 0 Å². The summed E-state index contributed by atoms with van der Waals surface area (Å²) in [5, 5.41) is 0.931. The minimum Gasteiger partial charge on any atom is -0.276 e. The average molecular weight is 327 g/mol. The number of sulfonamides is 1. The van der Waals surface area contributed by atoms with Gasteiger partial charge in [0.25, 0.3) is 10.0 Å². The van der Waals surface area contributed by atoms with Crippen LogP contribution in [0.3, 0.4) is 0 Å². The molecule has 0 aliphatic carbocycles. The minimum atomic E-state index is -3.78. The third kappa shape index (κ3) is 3.03. The molecule has 2 aromatic heterocycles. The molecule has 0 amide bonds. The third-order valence-corrected chi connectivity index (χ3v) is 4.89. The zero-order chi connectivity index (χ0) is 16.4. The zero-order valence-corrected chi connectivity index (χ0v) is 13.7. The Morgan fingerprint density at radius 2 is 1.65 bits per heavy atom. The van der Waals surface area contributed by atoms with Crippen LogP contribution in [0.2, 0.25) is 0 Å². The maximum atomic E-state index is 12.8. The molecule has 0 aliphatic heterocycles. The second-order valence-corrected chi connectivity index (χ2v) is 7.14. The summed E-state index contributed by atoms with van der Waals surface area (Å²) in [4.78, 5) is 8.35. The summed E-state index contributed by atoms with van der Waals surface area (Å²) in [5.41, 5.74) is 1.75. The lowest BCUT2D eigenvalue weighted by atomic mass is 10.1. The van der Waals surface area contributed by atoms with Crippen LogP contribution in [-0.4, -0.2) is 18.4 Å². The maximum absolute atomic E-state index is 12.8. The standard InChI is InChI=1S/C17H17N3O2S/c1-12(2)14-8-5-11-19-17(14)23(21,22)20-15-9-3-6-13-7-4-10-18-16(13)15/h3-12,20H,1-2H3. The summed E-state index contributed by atoms with van der Waals surface area (Å²) >= 11 is 0. The molecule has 1 aromatic carbocycles. The number of benzene rings is 1. The van der Waals surface area contributed by atoms with E-state index in [1.54, 1.807) is 30.5 Å². The zero-order valence-electron chi connectivity index (χ0n) is 12.9. The lowest BCUT2D eigenvalue weighted by Crippen LogP contribution is -2.17. The number of hydrogen-bond acceptors (Lipinski definition) is 4. The van der Waals surface area contributed by atoms with Crippen LogP contribution >= 0.6 is 0 Å². The molecule has 0 bridgehead atoms. The van der Waals surface area contributed by atoms with Crippen LogP contribution in [0.5, 0.6) is 0 Å². The van der Waals surface area contributed by atoms with E-state index in [1.807, 2.05) is 32.0 Å². The van der Waals surface area contributed by atoms with Crippen molar-refractivity contribution in [2.45, 2.75) is 24.8 Å². The summed E-state index contributed by atoms with van der Waals surface area (Å²) in [6.45, 7) is 3.88. The van der Waals surface area contributed by atoms with Gasteiger partial charge in [0.1, 0.15) is 0 Å². The highest BCUT2D eigenvalue weighted by atomic mass is 32.2. The molecule has 1 N–H and O–H groups in total. The number of aromatic nitrogens is 2. The Bertz CT molecular complexity index is 947. The second kappa shape index (κ2) is 5.96. The summed E-state index contributed by atoms with van der Waals surface area (Å²) in [6.07, 6.45) is 3.13. The minimum absolute atomic E-state index is 0.0564. The van der Waals surface area contributed by atoms with Crippen molar-refractivity contribution < 1.29 is 8.42 Å². The topological polar surface area (TPSA) is 72.0 Å². The molecule has 23 heavy (non-hydrogen) atoms. The predicted octanol–water partition coefficient (Wildman–Crippen LogP) is 3.55. The summed E-state index contributed by atoms with van der Waals surface area (Å²) < 4.78 is 28.2. The molecule has 0 unspecified atom stereocenters. The number of pyridine rings is 2. The Hall–Kier alpha value is -2.47. The fourth-order valence-corrected chi connectivity index (χ4v) is 3.81. The van der Waals surface area contributed by atoms with Gasteiger partial charge in [0.05, 0.1) is 11.2 Å². The van der Waals surface area contributed by atoms with Gasteiger partial charge in [-0.25, -0.2) is 4.98 Å². The van der Waals surface area contributed by atoms with Crippen molar-refractivity contribution in [1.29, 1.82) is 0 Å². The smallest absolute Gasteiger partial charge is 0.276 e. The molecule has 118 valence electrons. The summed E-state index contributed by atoms with van der Waals surface area (Å²) in [5.74, 6) is 0.0564. The van der Waals surface area contributed by atoms with E-state index in [0.717, 1.165) is 5.39 Å². The van der Waals surface area contributed by atoms with Gasteiger partial charge in [-0.1, -0.05) is 38.1 Å². The quantitative estimate of drug-likeness (QED) is 0.795. The van der Waals surface area contributed by atoms with E-state index in [-0.39, 0.29) is 10.9 Å². The molecule has 0 saturated carbocycles. The van der Waals surface area contributed by atoms with E-state index in [2.05, 4.69) is 14.7 Å². The van der Waals surface area contributed by atoms with E-state index in [0.29, 0.717) is 16.8 Å². The fraction of sp³-hybridized carbons (Fsp3) is 0.176. The van der Waals surface area contributed by atoms with Gasteiger partial charge in [-0.3, -0.25) is 9.71 Å². The summed E-state index contributed by atoms with van der Waals surface area (Å²) in [7, 11) is -3.78. The molecule has 0 saturated heterocycles. The number of nitrogens with zero attached hydrogens (tertiary/aromatic N) is 2. The van der Waals surface area contributed by atoms with E-state index in [1.165, 1.54) is 6.20 Å². The second-order valence-electron chi connectivity index (χ2n) is 5.54. The number of rotatable bonds is 4. The third-order valence-electron chi connectivity index (χ3n) is 3.55. The van der Waals surface area contributed by atoms with Crippen molar-refractivity contribution >= 4 is 26.6 Å². The van der Waals surface area contributed by atoms with Gasteiger partial charge in [-0.2, -0.15) is 8.42 Å². The van der Waals surface area contributed by atoms with Gasteiger partial charge >= 0.3 is 0 Å². The molecule has 0 radical (unpaired) electrons. The van der Waals surface area contributed by atoms with Crippen molar-refractivity contribution in [3.05, 3.63) is 60.4 Å². The number of para-hydroxylation sites is 1. The Kier molecular flexibility index (Phi) is 4.00. The van der Waals surface area contributed by atoms with E-state index < -0.39 is 10.0 Å². The van der Waals surface area contributed by atoms with Crippen LogP contribution in [-0.2, 0) is 10.0 Å². The molecule has 3 aromatic rings. The largest absolute Gasteiger partial charge is 0.279 e. The SMILES string of the molecule is CC(C)c1cccnc1S(=O)(=O)Nc1cccc2cccnc12. The molecular weight excluding hydrogens is 310 g/mol. The average Bonchev–Trinajstić information content (AvgIpc) is 2.55. The summed E-state index contributed by atoms with van der Waals surface area (Å²) in [6, 6.07) is 12.6. The Balaban J connectivity index is 2.08. The van der Waals surface area contributed by atoms with Crippen molar-refractivity contribution in [2.75, 3.05) is 4.72 Å². The number of anilines is 1. The Morgan fingerprint density at radius 3 is 2.43 bits per heavy atom. The number of fused-ring (bicyclic) bond motifs is 1. The first kappa shape index (κ1) is 15.4. The van der Waals surface area contributed by atoms with Crippen LogP contribution < -0.4 is 4.72 Å². The van der Waals surface area contributed by atoms with Gasteiger partial charge < -0.3 is 0 Å². The Labute approximate surface area is 135 Å². The van der Waals surface area contributed by atoms with Crippen molar-refractivity contribution in [1.82, 2.24) is 9.97 Å². The first-order valence-electron chi connectivity index (χ1n) is 7.30. The first-order chi connectivity index (χ1) is 11.0. The fourth-order valence-electron chi connectivity index (χ4n) is 2.45. The van der Waals surface area contributed by atoms with Crippen LogP contribution in [0, 0.1) is 0 Å². The van der Waals surface area contributed by atoms with Crippen LogP contribution in [0.15, 0.2) is 59.9 Å². The van der Waals surface area contributed by atoms with Gasteiger partial charge in [0.15, 0.2) is 5.03 Å². The van der Waals surface area contributed by atoms with E-state index in [9.17, 15) is 8.42 Å². The molecule has 0 fully saturated rings. The lowest BCUT2D eigenvalue weighted by molar-refractivity contribution is 0.594. The molecule has 5 nitrogen and oxygen atoms in total.